The Hall–Kier alpha value is -1.59. The molecule has 0 amide bonds. The molecule has 1 heterocycles. The summed E-state index contributed by atoms with van der Waals surface area (Å²) >= 11 is 11.8. The topological polar surface area (TPSA) is 59.9 Å². The lowest BCUT2D eigenvalue weighted by atomic mass is 10.2. The first-order chi connectivity index (χ1) is 9.52. The Morgan fingerprint density at radius 1 is 1.20 bits per heavy atom. The average Bonchev–Trinajstić information content (AvgIpc) is 2.35. The molecule has 5 nitrogen and oxygen atoms in total. The summed E-state index contributed by atoms with van der Waals surface area (Å²) in [4.78, 5) is 12.0. The van der Waals surface area contributed by atoms with E-state index in [-0.39, 0.29) is 17.4 Å². The zero-order chi connectivity index (χ0) is 14.5. The van der Waals surface area contributed by atoms with Crippen LogP contribution in [-0.2, 0) is 6.54 Å². The Kier molecular flexibility index (Phi) is 4.98. The second-order valence-corrected chi connectivity index (χ2v) is 5.14. The monoisotopic (exact) mass is 312 g/mol. The van der Waals surface area contributed by atoms with E-state index in [9.17, 15) is 0 Å². The Balaban J connectivity index is 2.07. The number of hydrogen-bond acceptors (Lipinski definition) is 5. The SMILES string of the molecule is CC(C)Oc1nc(Cl)nc(NCc2cccc(Cl)c2)n1. The van der Waals surface area contributed by atoms with Crippen LogP contribution >= 0.6 is 23.2 Å². The molecule has 0 spiro atoms. The quantitative estimate of drug-likeness (QED) is 0.914. The predicted molar refractivity (Wildman–Crippen MR) is 79.4 cm³/mol. The number of ether oxygens (including phenoxy) is 1. The molecule has 7 heteroatoms. The number of hydrogen-bond donors (Lipinski definition) is 1. The van der Waals surface area contributed by atoms with Gasteiger partial charge < -0.3 is 10.1 Å². The lowest BCUT2D eigenvalue weighted by molar-refractivity contribution is 0.222. The van der Waals surface area contributed by atoms with Crippen molar-refractivity contribution >= 4 is 29.2 Å². The fourth-order valence-electron chi connectivity index (χ4n) is 1.50. The minimum atomic E-state index is -0.0331. The Labute approximate surface area is 127 Å². The van der Waals surface area contributed by atoms with Gasteiger partial charge in [-0.2, -0.15) is 15.0 Å². The van der Waals surface area contributed by atoms with E-state index in [1.807, 2.05) is 38.1 Å². The summed E-state index contributed by atoms with van der Waals surface area (Å²) in [5, 5.41) is 3.83. The van der Waals surface area contributed by atoms with E-state index in [1.54, 1.807) is 0 Å². The van der Waals surface area contributed by atoms with Crippen molar-refractivity contribution in [1.82, 2.24) is 15.0 Å². The molecular weight excluding hydrogens is 299 g/mol. The van der Waals surface area contributed by atoms with Crippen molar-refractivity contribution < 1.29 is 4.74 Å². The molecular formula is C13H14Cl2N4O. The molecule has 106 valence electrons. The number of nitrogens with one attached hydrogen (secondary N) is 1. The first-order valence-corrected chi connectivity index (χ1v) is 6.85. The number of anilines is 1. The number of benzene rings is 1. The van der Waals surface area contributed by atoms with Crippen LogP contribution in [0.25, 0.3) is 0 Å². The molecule has 0 unspecified atom stereocenters. The van der Waals surface area contributed by atoms with Crippen molar-refractivity contribution in [2.24, 2.45) is 0 Å². The molecule has 0 bridgehead atoms. The lowest BCUT2D eigenvalue weighted by Gasteiger charge is -2.10. The summed E-state index contributed by atoms with van der Waals surface area (Å²) in [7, 11) is 0. The fraction of sp³-hybridized carbons (Fsp3) is 0.308. The van der Waals surface area contributed by atoms with Crippen LogP contribution in [0.1, 0.15) is 19.4 Å². The summed E-state index contributed by atoms with van der Waals surface area (Å²) < 4.78 is 5.40. The minimum Gasteiger partial charge on any atom is -0.461 e. The normalized spacial score (nSPS) is 10.7. The van der Waals surface area contributed by atoms with Crippen LogP contribution in [0.15, 0.2) is 24.3 Å². The smallest absolute Gasteiger partial charge is 0.322 e. The molecule has 0 saturated heterocycles. The number of nitrogens with zero attached hydrogens (tertiary/aromatic N) is 3. The summed E-state index contributed by atoms with van der Waals surface area (Å²) in [6, 6.07) is 7.72. The predicted octanol–water partition coefficient (Wildman–Crippen LogP) is 3.58. The van der Waals surface area contributed by atoms with Gasteiger partial charge in [0.25, 0.3) is 0 Å². The standard InChI is InChI=1S/C13H14Cl2N4O/c1-8(2)20-13-18-11(15)17-12(19-13)16-7-9-4-3-5-10(14)6-9/h3-6,8H,7H2,1-2H3,(H,16,17,18,19). The van der Waals surface area contributed by atoms with Gasteiger partial charge in [-0.05, 0) is 43.1 Å². The van der Waals surface area contributed by atoms with E-state index in [1.165, 1.54) is 0 Å². The molecule has 0 saturated carbocycles. The van der Waals surface area contributed by atoms with Gasteiger partial charge in [0.15, 0.2) is 0 Å². The summed E-state index contributed by atoms with van der Waals surface area (Å²) in [5.41, 5.74) is 1.01. The van der Waals surface area contributed by atoms with Crippen molar-refractivity contribution in [2.45, 2.75) is 26.5 Å². The van der Waals surface area contributed by atoms with E-state index in [4.69, 9.17) is 27.9 Å². The third-order valence-electron chi connectivity index (χ3n) is 2.27. The maximum atomic E-state index is 5.92. The van der Waals surface area contributed by atoms with Crippen molar-refractivity contribution in [1.29, 1.82) is 0 Å². The Morgan fingerprint density at radius 3 is 2.70 bits per heavy atom. The van der Waals surface area contributed by atoms with Gasteiger partial charge in [-0.15, -0.1) is 0 Å². The van der Waals surface area contributed by atoms with Crippen LogP contribution < -0.4 is 10.1 Å². The van der Waals surface area contributed by atoms with Gasteiger partial charge in [-0.1, -0.05) is 23.7 Å². The van der Waals surface area contributed by atoms with Gasteiger partial charge in [0, 0.05) is 11.6 Å². The molecule has 0 fully saturated rings. The van der Waals surface area contributed by atoms with E-state index in [2.05, 4.69) is 20.3 Å². The summed E-state index contributed by atoms with van der Waals surface area (Å²) in [6.07, 6.45) is -0.0331. The van der Waals surface area contributed by atoms with E-state index in [0.29, 0.717) is 17.5 Å². The fourth-order valence-corrected chi connectivity index (χ4v) is 1.87. The van der Waals surface area contributed by atoms with Crippen molar-refractivity contribution in [3.63, 3.8) is 0 Å². The molecule has 0 aliphatic heterocycles. The third-order valence-corrected chi connectivity index (χ3v) is 2.67. The molecule has 20 heavy (non-hydrogen) atoms. The summed E-state index contributed by atoms with van der Waals surface area (Å²) in [5.74, 6) is 0.362. The second-order valence-electron chi connectivity index (χ2n) is 4.36. The highest BCUT2D eigenvalue weighted by atomic mass is 35.5. The summed E-state index contributed by atoms with van der Waals surface area (Å²) in [6.45, 7) is 4.30. The van der Waals surface area contributed by atoms with E-state index < -0.39 is 0 Å². The van der Waals surface area contributed by atoms with Crippen molar-refractivity contribution in [3.8, 4) is 6.01 Å². The van der Waals surface area contributed by atoms with Gasteiger partial charge in [0.05, 0.1) is 6.10 Å². The van der Waals surface area contributed by atoms with Gasteiger partial charge >= 0.3 is 6.01 Å². The van der Waals surface area contributed by atoms with Crippen LogP contribution in [0.4, 0.5) is 5.95 Å². The molecule has 1 aromatic carbocycles. The zero-order valence-corrected chi connectivity index (χ0v) is 12.6. The van der Waals surface area contributed by atoms with Gasteiger partial charge in [0.1, 0.15) is 0 Å². The highest BCUT2D eigenvalue weighted by Crippen LogP contribution is 2.15. The largest absolute Gasteiger partial charge is 0.461 e. The molecule has 0 atom stereocenters. The van der Waals surface area contributed by atoms with Crippen molar-refractivity contribution in [3.05, 3.63) is 40.1 Å². The maximum absolute atomic E-state index is 5.92. The molecule has 1 aromatic heterocycles. The highest BCUT2D eigenvalue weighted by molar-refractivity contribution is 6.30. The third kappa shape index (κ3) is 4.51. The highest BCUT2D eigenvalue weighted by Gasteiger charge is 2.07. The average molecular weight is 313 g/mol. The van der Waals surface area contributed by atoms with Crippen LogP contribution in [0.3, 0.4) is 0 Å². The maximum Gasteiger partial charge on any atom is 0.322 e. The van der Waals surface area contributed by atoms with Gasteiger partial charge in [-0.3, -0.25) is 0 Å². The molecule has 0 radical (unpaired) electrons. The first-order valence-electron chi connectivity index (χ1n) is 6.09. The molecule has 2 aromatic rings. The van der Waals surface area contributed by atoms with Crippen LogP contribution in [0, 0.1) is 0 Å². The zero-order valence-electron chi connectivity index (χ0n) is 11.1. The van der Waals surface area contributed by atoms with E-state index in [0.717, 1.165) is 5.56 Å². The number of rotatable bonds is 5. The first kappa shape index (κ1) is 14.8. The molecule has 0 aliphatic rings. The molecule has 2 rings (SSSR count). The second kappa shape index (κ2) is 6.72. The van der Waals surface area contributed by atoms with Gasteiger partial charge in [-0.25, -0.2) is 0 Å². The lowest BCUT2D eigenvalue weighted by Crippen LogP contribution is -2.11. The number of halogens is 2. The minimum absolute atomic E-state index is 0.0331. The Morgan fingerprint density at radius 2 is 2.00 bits per heavy atom. The number of aromatic nitrogens is 3. The van der Waals surface area contributed by atoms with Crippen molar-refractivity contribution in [2.75, 3.05) is 5.32 Å². The van der Waals surface area contributed by atoms with Crippen LogP contribution in [0.2, 0.25) is 10.3 Å². The Bertz CT molecular complexity index is 592. The molecule has 0 aliphatic carbocycles. The van der Waals surface area contributed by atoms with Gasteiger partial charge in [0.2, 0.25) is 11.2 Å². The van der Waals surface area contributed by atoms with Crippen LogP contribution in [-0.4, -0.2) is 21.1 Å². The van der Waals surface area contributed by atoms with Crippen LogP contribution in [0.5, 0.6) is 6.01 Å². The molecule has 1 N–H and O–H groups in total. The van der Waals surface area contributed by atoms with E-state index >= 15 is 0 Å².